The van der Waals surface area contributed by atoms with Crippen LogP contribution in [0.2, 0.25) is 0 Å². The zero-order chi connectivity index (χ0) is 21.6. The lowest BCUT2D eigenvalue weighted by Crippen LogP contribution is -2.24. The molecule has 2 N–H and O–H groups in total. The minimum atomic E-state index is -0.978. The van der Waals surface area contributed by atoms with E-state index in [-0.39, 0.29) is 18.1 Å². The van der Waals surface area contributed by atoms with Gasteiger partial charge in [0.1, 0.15) is 5.75 Å². The Hall–Kier alpha value is -4.39. The van der Waals surface area contributed by atoms with Crippen molar-refractivity contribution >= 4 is 28.9 Å². The number of hydrogen-bond acceptors (Lipinski definition) is 4. The maximum absolute atomic E-state index is 12.1. The van der Waals surface area contributed by atoms with E-state index in [9.17, 15) is 9.59 Å². The predicted octanol–water partition coefficient (Wildman–Crippen LogP) is 3.86. The topological polar surface area (TPSA) is 92.9 Å². The summed E-state index contributed by atoms with van der Waals surface area (Å²) >= 11 is 0. The first-order valence-electron chi connectivity index (χ1n) is 9.55. The molecule has 1 heterocycles. The normalized spacial score (nSPS) is 11.0. The summed E-state index contributed by atoms with van der Waals surface area (Å²) in [6.07, 6.45) is 3.34. The van der Waals surface area contributed by atoms with Gasteiger partial charge in [0.15, 0.2) is 6.61 Å². The van der Waals surface area contributed by atoms with E-state index < -0.39 is 5.97 Å². The van der Waals surface area contributed by atoms with E-state index in [1.165, 1.54) is 18.3 Å². The highest BCUT2D eigenvalue weighted by molar-refractivity contribution is 5.89. The molecule has 7 nitrogen and oxygen atoms in total. The number of carboxylic acid groups (broad SMARTS) is 1. The van der Waals surface area contributed by atoms with E-state index in [1.54, 1.807) is 12.1 Å². The number of hydrogen-bond donors (Lipinski definition) is 2. The predicted molar refractivity (Wildman–Crippen MR) is 118 cm³/mol. The smallest absolute Gasteiger partial charge is 0.335 e. The van der Waals surface area contributed by atoms with E-state index in [0.29, 0.717) is 5.75 Å². The zero-order valence-corrected chi connectivity index (χ0v) is 16.4. The van der Waals surface area contributed by atoms with Gasteiger partial charge in [-0.25, -0.2) is 10.2 Å². The van der Waals surface area contributed by atoms with Gasteiger partial charge in [0.05, 0.1) is 17.5 Å². The molecule has 0 aliphatic carbocycles. The second kappa shape index (κ2) is 8.96. The SMILES string of the molecule is O=C(COc1cccc2ccccc12)N/N=C/c1cccn1-c1ccc(C(=O)O)cc1. The standard InChI is InChI=1S/C24H19N3O4/c28-23(16-31-22-9-3-6-17-5-1-2-8-21(17)22)26-25-15-20-7-4-14-27(20)19-12-10-18(11-13-19)24(29)30/h1-15H,16H2,(H,26,28)(H,29,30)/b25-15+. The van der Waals surface area contributed by atoms with E-state index in [4.69, 9.17) is 9.84 Å². The molecule has 0 radical (unpaired) electrons. The molecule has 154 valence electrons. The number of hydrazone groups is 1. The number of rotatable bonds is 7. The third-order valence-corrected chi connectivity index (χ3v) is 4.67. The summed E-state index contributed by atoms with van der Waals surface area (Å²) in [4.78, 5) is 23.1. The lowest BCUT2D eigenvalue weighted by molar-refractivity contribution is -0.123. The monoisotopic (exact) mass is 413 g/mol. The highest BCUT2D eigenvalue weighted by Crippen LogP contribution is 2.24. The molecule has 0 aliphatic heterocycles. The molecule has 1 aromatic heterocycles. The maximum Gasteiger partial charge on any atom is 0.335 e. The fourth-order valence-electron chi connectivity index (χ4n) is 3.17. The quantitative estimate of drug-likeness (QED) is 0.355. The van der Waals surface area contributed by atoms with Crippen molar-refractivity contribution in [2.45, 2.75) is 0 Å². The average Bonchev–Trinajstić information content (AvgIpc) is 3.26. The minimum absolute atomic E-state index is 0.164. The van der Waals surface area contributed by atoms with Crippen LogP contribution >= 0.6 is 0 Å². The summed E-state index contributed by atoms with van der Waals surface area (Å²) < 4.78 is 7.48. The number of carbonyl (C=O) groups is 2. The Balaban J connectivity index is 1.37. The summed E-state index contributed by atoms with van der Waals surface area (Å²) in [5.41, 5.74) is 4.17. The van der Waals surface area contributed by atoms with Crippen LogP contribution in [0.4, 0.5) is 0 Å². The van der Waals surface area contributed by atoms with Gasteiger partial charge in [0, 0.05) is 17.3 Å². The molecule has 7 heteroatoms. The van der Waals surface area contributed by atoms with Crippen LogP contribution in [0.3, 0.4) is 0 Å². The molecule has 0 fully saturated rings. The van der Waals surface area contributed by atoms with Crippen LogP contribution in [0.5, 0.6) is 5.75 Å². The summed E-state index contributed by atoms with van der Waals surface area (Å²) in [6.45, 7) is -0.164. The Kier molecular flexibility index (Phi) is 5.75. The van der Waals surface area contributed by atoms with Crippen LogP contribution in [0.1, 0.15) is 16.1 Å². The van der Waals surface area contributed by atoms with Crippen molar-refractivity contribution < 1.29 is 19.4 Å². The Labute approximate surface area is 178 Å². The van der Waals surface area contributed by atoms with Crippen LogP contribution in [0.25, 0.3) is 16.5 Å². The molecule has 1 amide bonds. The number of ether oxygens (including phenoxy) is 1. The van der Waals surface area contributed by atoms with Gasteiger partial charge in [-0.2, -0.15) is 5.10 Å². The number of aromatic nitrogens is 1. The molecular weight excluding hydrogens is 394 g/mol. The minimum Gasteiger partial charge on any atom is -0.483 e. The first kappa shape index (κ1) is 19.9. The van der Waals surface area contributed by atoms with Gasteiger partial charge in [-0.15, -0.1) is 0 Å². The summed E-state index contributed by atoms with van der Waals surface area (Å²) in [7, 11) is 0. The van der Waals surface area contributed by atoms with E-state index in [0.717, 1.165) is 22.2 Å². The van der Waals surface area contributed by atoms with Crippen LogP contribution in [0, 0.1) is 0 Å². The van der Waals surface area contributed by atoms with Crippen LogP contribution in [-0.2, 0) is 4.79 Å². The van der Waals surface area contributed by atoms with Crippen LogP contribution < -0.4 is 10.2 Å². The molecule has 3 aromatic carbocycles. The molecular formula is C24H19N3O4. The second-order valence-corrected chi connectivity index (χ2v) is 6.71. The van der Waals surface area contributed by atoms with E-state index in [1.807, 2.05) is 65.4 Å². The molecule has 31 heavy (non-hydrogen) atoms. The van der Waals surface area contributed by atoms with Crippen molar-refractivity contribution in [3.8, 4) is 11.4 Å². The number of benzene rings is 3. The largest absolute Gasteiger partial charge is 0.483 e. The first-order valence-corrected chi connectivity index (χ1v) is 9.55. The highest BCUT2D eigenvalue weighted by Gasteiger charge is 2.07. The van der Waals surface area contributed by atoms with Crippen molar-refractivity contribution in [1.29, 1.82) is 0 Å². The number of carboxylic acids is 1. The summed E-state index contributed by atoms with van der Waals surface area (Å²) in [6, 6.07) is 23.6. The highest BCUT2D eigenvalue weighted by atomic mass is 16.5. The van der Waals surface area contributed by atoms with Gasteiger partial charge in [0.25, 0.3) is 5.91 Å². The van der Waals surface area contributed by atoms with Gasteiger partial charge in [-0.05, 0) is 47.9 Å². The molecule has 4 aromatic rings. The van der Waals surface area contributed by atoms with Gasteiger partial charge in [-0.1, -0.05) is 36.4 Å². The number of nitrogens with zero attached hydrogens (tertiary/aromatic N) is 2. The van der Waals surface area contributed by atoms with Gasteiger partial charge < -0.3 is 14.4 Å². The van der Waals surface area contributed by atoms with E-state index >= 15 is 0 Å². The van der Waals surface area contributed by atoms with Gasteiger partial charge in [-0.3, -0.25) is 4.79 Å². The van der Waals surface area contributed by atoms with Gasteiger partial charge >= 0.3 is 5.97 Å². The molecule has 0 saturated heterocycles. The molecule has 0 atom stereocenters. The fraction of sp³-hybridized carbons (Fsp3) is 0.0417. The number of carbonyl (C=O) groups excluding carboxylic acids is 1. The zero-order valence-electron chi connectivity index (χ0n) is 16.4. The Morgan fingerprint density at radius 3 is 2.55 bits per heavy atom. The fourth-order valence-corrected chi connectivity index (χ4v) is 3.17. The molecule has 0 unspecified atom stereocenters. The number of nitrogens with one attached hydrogen (secondary N) is 1. The molecule has 0 spiro atoms. The first-order chi connectivity index (χ1) is 15.1. The van der Waals surface area contributed by atoms with Crippen LogP contribution in [0.15, 0.2) is 90.2 Å². The molecule has 0 saturated carbocycles. The Morgan fingerprint density at radius 1 is 0.968 bits per heavy atom. The number of aromatic carboxylic acids is 1. The second-order valence-electron chi connectivity index (χ2n) is 6.71. The van der Waals surface area contributed by atoms with E-state index in [2.05, 4.69) is 10.5 Å². The van der Waals surface area contributed by atoms with Crippen molar-refractivity contribution in [1.82, 2.24) is 9.99 Å². The van der Waals surface area contributed by atoms with Crippen LogP contribution in [-0.4, -0.2) is 34.4 Å². The molecule has 0 aliphatic rings. The lowest BCUT2D eigenvalue weighted by Gasteiger charge is -2.08. The van der Waals surface area contributed by atoms with Gasteiger partial charge in [0.2, 0.25) is 0 Å². The average molecular weight is 413 g/mol. The third kappa shape index (κ3) is 4.62. The van der Waals surface area contributed by atoms with Crippen molar-refractivity contribution in [2.24, 2.45) is 5.10 Å². The number of fused-ring (bicyclic) bond motifs is 1. The van der Waals surface area contributed by atoms with Crippen molar-refractivity contribution in [2.75, 3.05) is 6.61 Å². The molecule has 4 rings (SSSR count). The Bertz CT molecular complexity index is 1250. The lowest BCUT2D eigenvalue weighted by atomic mass is 10.1. The summed E-state index contributed by atoms with van der Waals surface area (Å²) in [5, 5.41) is 15.0. The maximum atomic E-state index is 12.1. The third-order valence-electron chi connectivity index (χ3n) is 4.67. The molecule has 0 bridgehead atoms. The Morgan fingerprint density at radius 2 is 1.74 bits per heavy atom. The number of amides is 1. The van der Waals surface area contributed by atoms with Crippen molar-refractivity contribution in [3.63, 3.8) is 0 Å². The van der Waals surface area contributed by atoms with Crippen molar-refractivity contribution in [3.05, 3.63) is 96.3 Å². The summed E-state index contributed by atoms with van der Waals surface area (Å²) in [5.74, 6) is -0.724.